The van der Waals surface area contributed by atoms with Gasteiger partial charge in [0.1, 0.15) is 10.6 Å². The molecular formula is C11H6BrF3N2O2S. The number of anilines is 1. The number of H-pyrrole nitrogens is 1. The zero-order valence-electron chi connectivity index (χ0n) is 9.55. The summed E-state index contributed by atoms with van der Waals surface area (Å²) in [4.78, 5) is 25.5. The summed E-state index contributed by atoms with van der Waals surface area (Å²) in [5, 5.41) is 3.80. The van der Waals surface area contributed by atoms with E-state index in [0.717, 1.165) is 11.3 Å². The normalized spacial score (nSPS) is 11.4. The lowest BCUT2D eigenvalue weighted by atomic mass is 10.2. The van der Waals surface area contributed by atoms with Gasteiger partial charge in [-0.1, -0.05) is 0 Å². The first kappa shape index (κ1) is 14.8. The minimum atomic E-state index is -4.60. The quantitative estimate of drug-likeness (QED) is 0.854. The zero-order valence-corrected chi connectivity index (χ0v) is 11.9. The number of amides is 1. The van der Waals surface area contributed by atoms with E-state index < -0.39 is 28.9 Å². The highest BCUT2D eigenvalue weighted by Crippen LogP contribution is 2.29. The first-order valence-corrected chi connectivity index (χ1v) is 6.80. The Kier molecular flexibility index (Phi) is 4.00. The van der Waals surface area contributed by atoms with Crippen LogP contribution in [-0.4, -0.2) is 10.9 Å². The molecule has 0 aromatic carbocycles. The highest BCUT2D eigenvalue weighted by molar-refractivity contribution is 9.10. The Morgan fingerprint density at radius 3 is 2.65 bits per heavy atom. The van der Waals surface area contributed by atoms with E-state index >= 15 is 0 Å². The number of rotatable bonds is 2. The van der Waals surface area contributed by atoms with Gasteiger partial charge in [0.25, 0.3) is 11.5 Å². The standard InChI is InChI=1S/C11H6BrF3N2O2S/c12-6-1-2-20-8(6)10(19)17-7-3-5(11(13,14)15)4-16-9(7)18/h1-4H,(H,16,18)(H,17,19). The Balaban J connectivity index is 2.32. The average molecular weight is 367 g/mol. The summed E-state index contributed by atoms with van der Waals surface area (Å²) in [6, 6.07) is 2.22. The van der Waals surface area contributed by atoms with Crippen LogP contribution in [0.5, 0.6) is 0 Å². The third-order valence-electron chi connectivity index (χ3n) is 2.30. The molecule has 2 heterocycles. The summed E-state index contributed by atoms with van der Waals surface area (Å²) in [7, 11) is 0. The number of aromatic nitrogens is 1. The summed E-state index contributed by atoms with van der Waals surface area (Å²) < 4.78 is 38.1. The third kappa shape index (κ3) is 3.10. The molecular weight excluding hydrogens is 361 g/mol. The monoisotopic (exact) mass is 366 g/mol. The van der Waals surface area contributed by atoms with Gasteiger partial charge in [-0.25, -0.2) is 0 Å². The smallest absolute Gasteiger partial charge is 0.327 e. The van der Waals surface area contributed by atoms with E-state index in [0.29, 0.717) is 16.7 Å². The third-order valence-corrected chi connectivity index (χ3v) is 4.14. The fourth-order valence-corrected chi connectivity index (χ4v) is 2.82. The van der Waals surface area contributed by atoms with E-state index in [-0.39, 0.29) is 4.88 Å². The molecule has 20 heavy (non-hydrogen) atoms. The Labute approximate surface area is 122 Å². The van der Waals surface area contributed by atoms with Crippen molar-refractivity contribution in [2.24, 2.45) is 0 Å². The largest absolute Gasteiger partial charge is 0.417 e. The van der Waals surface area contributed by atoms with Crippen LogP contribution >= 0.6 is 27.3 Å². The molecule has 9 heteroatoms. The number of aromatic amines is 1. The molecule has 0 spiro atoms. The van der Waals surface area contributed by atoms with Gasteiger partial charge in [0, 0.05) is 10.7 Å². The van der Waals surface area contributed by atoms with Crippen molar-refractivity contribution in [3.8, 4) is 0 Å². The number of hydrogen-bond acceptors (Lipinski definition) is 3. The van der Waals surface area contributed by atoms with Gasteiger partial charge in [-0.3, -0.25) is 9.59 Å². The van der Waals surface area contributed by atoms with Gasteiger partial charge in [-0.2, -0.15) is 13.2 Å². The highest BCUT2D eigenvalue weighted by atomic mass is 79.9. The zero-order chi connectivity index (χ0) is 14.9. The molecule has 0 saturated carbocycles. The number of thiophene rings is 1. The van der Waals surface area contributed by atoms with Crippen LogP contribution in [0.1, 0.15) is 15.2 Å². The van der Waals surface area contributed by atoms with Crippen LogP contribution in [0.15, 0.2) is 33.0 Å². The molecule has 2 aromatic heterocycles. The van der Waals surface area contributed by atoms with Crippen molar-refractivity contribution in [2.45, 2.75) is 6.18 Å². The van der Waals surface area contributed by atoms with Gasteiger partial charge in [0.15, 0.2) is 0 Å². The van der Waals surface area contributed by atoms with Crippen molar-refractivity contribution in [1.29, 1.82) is 0 Å². The van der Waals surface area contributed by atoms with Crippen molar-refractivity contribution in [3.63, 3.8) is 0 Å². The predicted molar refractivity (Wildman–Crippen MR) is 72.0 cm³/mol. The Bertz CT molecular complexity index is 708. The highest BCUT2D eigenvalue weighted by Gasteiger charge is 2.31. The van der Waals surface area contributed by atoms with Crippen LogP contribution in [0.2, 0.25) is 0 Å². The summed E-state index contributed by atoms with van der Waals surface area (Å²) in [5.74, 6) is -0.656. The molecule has 0 atom stereocenters. The number of hydrogen-bond donors (Lipinski definition) is 2. The number of nitrogens with one attached hydrogen (secondary N) is 2. The van der Waals surface area contributed by atoms with Crippen LogP contribution in [0, 0.1) is 0 Å². The molecule has 0 radical (unpaired) electrons. The molecule has 0 aliphatic heterocycles. The van der Waals surface area contributed by atoms with Gasteiger partial charge in [-0.05, 0) is 33.4 Å². The maximum Gasteiger partial charge on any atom is 0.417 e. The minimum absolute atomic E-state index is 0.266. The molecule has 2 aromatic rings. The van der Waals surface area contributed by atoms with E-state index in [1.807, 2.05) is 4.98 Å². The Hall–Kier alpha value is -1.61. The molecule has 4 nitrogen and oxygen atoms in total. The summed E-state index contributed by atoms with van der Waals surface area (Å²) in [6.45, 7) is 0. The van der Waals surface area contributed by atoms with E-state index in [9.17, 15) is 22.8 Å². The van der Waals surface area contributed by atoms with Crippen molar-refractivity contribution >= 4 is 38.9 Å². The van der Waals surface area contributed by atoms with Crippen LogP contribution in [0.4, 0.5) is 18.9 Å². The second kappa shape index (κ2) is 5.41. The van der Waals surface area contributed by atoms with Crippen LogP contribution in [-0.2, 0) is 6.18 Å². The molecule has 0 aliphatic rings. The van der Waals surface area contributed by atoms with Gasteiger partial charge >= 0.3 is 6.18 Å². The fourth-order valence-electron chi connectivity index (χ4n) is 1.38. The van der Waals surface area contributed by atoms with Crippen molar-refractivity contribution in [1.82, 2.24) is 4.98 Å². The summed E-state index contributed by atoms with van der Waals surface area (Å²) in [6.07, 6.45) is -4.05. The number of carbonyl (C=O) groups excluding carboxylic acids is 1. The van der Waals surface area contributed by atoms with Crippen LogP contribution < -0.4 is 10.9 Å². The van der Waals surface area contributed by atoms with Gasteiger partial charge < -0.3 is 10.3 Å². The molecule has 1 amide bonds. The summed E-state index contributed by atoms with van der Waals surface area (Å²) >= 11 is 4.23. The lowest BCUT2D eigenvalue weighted by molar-refractivity contribution is -0.137. The van der Waals surface area contributed by atoms with Gasteiger partial charge in [0.05, 0.1) is 5.56 Å². The molecule has 0 unspecified atom stereocenters. The lowest BCUT2D eigenvalue weighted by Gasteiger charge is -2.08. The number of carbonyl (C=O) groups is 1. The first-order valence-electron chi connectivity index (χ1n) is 5.13. The SMILES string of the molecule is O=C(Nc1cc(C(F)(F)F)c[nH]c1=O)c1sccc1Br. The van der Waals surface area contributed by atoms with Crippen LogP contribution in [0.25, 0.3) is 0 Å². The molecule has 0 fully saturated rings. The Morgan fingerprint density at radius 2 is 2.10 bits per heavy atom. The molecule has 0 aliphatic carbocycles. The first-order chi connectivity index (χ1) is 9.29. The topological polar surface area (TPSA) is 62.0 Å². The van der Waals surface area contributed by atoms with E-state index in [1.165, 1.54) is 0 Å². The van der Waals surface area contributed by atoms with Crippen molar-refractivity contribution < 1.29 is 18.0 Å². The van der Waals surface area contributed by atoms with E-state index in [4.69, 9.17) is 0 Å². The second-order valence-electron chi connectivity index (χ2n) is 3.68. The van der Waals surface area contributed by atoms with Crippen molar-refractivity contribution in [3.05, 3.63) is 49.0 Å². The van der Waals surface area contributed by atoms with Gasteiger partial charge in [0.2, 0.25) is 0 Å². The lowest BCUT2D eigenvalue weighted by Crippen LogP contribution is -2.21. The maximum atomic E-state index is 12.5. The number of alkyl halides is 3. The summed E-state index contributed by atoms with van der Waals surface area (Å²) in [5.41, 5.74) is -2.30. The van der Waals surface area contributed by atoms with E-state index in [2.05, 4.69) is 21.2 Å². The fraction of sp³-hybridized carbons (Fsp3) is 0.0909. The van der Waals surface area contributed by atoms with E-state index in [1.54, 1.807) is 11.4 Å². The molecule has 0 saturated heterocycles. The minimum Gasteiger partial charge on any atom is -0.327 e. The second-order valence-corrected chi connectivity index (χ2v) is 5.45. The van der Waals surface area contributed by atoms with Crippen molar-refractivity contribution in [2.75, 3.05) is 5.32 Å². The Morgan fingerprint density at radius 1 is 1.40 bits per heavy atom. The number of pyridine rings is 1. The predicted octanol–water partition coefficient (Wildman–Crippen LogP) is 3.47. The maximum absolute atomic E-state index is 12.5. The average Bonchev–Trinajstić information content (AvgIpc) is 2.77. The van der Waals surface area contributed by atoms with Gasteiger partial charge in [-0.15, -0.1) is 11.3 Å². The molecule has 106 valence electrons. The molecule has 2 N–H and O–H groups in total. The molecule has 0 bridgehead atoms. The van der Waals surface area contributed by atoms with Crippen LogP contribution in [0.3, 0.4) is 0 Å². The number of halogens is 4. The molecule has 2 rings (SSSR count).